The fourth-order valence-electron chi connectivity index (χ4n) is 3.47. The summed E-state index contributed by atoms with van der Waals surface area (Å²) >= 11 is 1.87. The Hall–Kier alpha value is -2.11. The molecule has 0 radical (unpaired) electrons. The van der Waals surface area contributed by atoms with Crippen molar-refractivity contribution in [3.05, 3.63) is 58.5 Å². The van der Waals surface area contributed by atoms with E-state index in [9.17, 15) is 4.79 Å². The van der Waals surface area contributed by atoms with E-state index in [1.807, 2.05) is 35.6 Å². The first-order valence-corrected chi connectivity index (χ1v) is 9.70. The summed E-state index contributed by atoms with van der Waals surface area (Å²) in [6.07, 6.45) is 2.41. The molecule has 0 unspecified atom stereocenters. The van der Waals surface area contributed by atoms with Crippen LogP contribution >= 0.6 is 11.3 Å². The summed E-state index contributed by atoms with van der Waals surface area (Å²) in [5.74, 6) is 0.962. The molecule has 1 aromatic carbocycles. The van der Waals surface area contributed by atoms with Crippen molar-refractivity contribution < 1.29 is 9.21 Å². The summed E-state index contributed by atoms with van der Waals surface area (Å²) < 4.78 is 5.60. The second kappa shape index (κ2) is 7.42. The number of para-hydroxylation sites is 1. The van der Waals surface area contributed by atoms with Crippen LogP contribution < -0.4 is 5.32 Å². The second-order valence-corrected chi connectivity index (χ2v) is 7.51. The zero-order valence-corrected chi connectivity index (χ0v) is 14.9. The minimum atomic E-state index is -0.135. The third-order valence-electron chi connectivity index (χ3n) is 4.90. The van der Waals surface area contributed by atoms with Gasteiger partial charge in [-0.15, -0.1) is 11.3 Å². The molecule has 1 N–H and O–H groups in total. The van der Waals surface area contributed by atoms with Crippen molar-refractivity contribution in [2.45, 2.75) is 18.8 Å². The molecular formula is C20H22N2O2S. The summed E-state index contributed by atoms with van der Waals surface area (Å²) in [6, 6.07) is 13.9. The molecule has 1 fully saturated rings. The van der Waals surface area contributed by atoms with Gasteiger partial charge in [-0.1, -0.05) is 24.3 Å². The van der Waals surface area contributed by atoms with Crippen LogP contribution in [0.5, 0.6) is 0 Å². The lowest BCUT2D eigenvalue weighted by molar-refractivity contribution is 0.0920. The van der Waals surface area contributed by atoms with Crippen LogP contribution in [0.25, 0.3) is 11.0 Å². The number of nitrogens with zero attached hydrogens (tertiary/aromatic N) is 1. The van der Waals surface area contributed by atoms with Crippen LogP contribution in [0.1, 0.15) is 34.2 Å². The standard InChI is InChI=1S/C20H22N2O2S/c23-20(18-14-16-4-1-2-5-17(16)24-18)21-9-12-22-10-7-15(8-11-22)19-6-3-13-25-19/h1-6,13-15H,7-12H2,(H,21,23). The summed E-state index contributed by atoms with van der Waals surface area (Å²) in [5, 5.41) is 6.10. The van der Waals surface area contributed by atoms with E-state index in [1.165, 1.54) is 17.7 Å². The Bertz CT molecular complexity index is 799. The first-order valence-electron chi connectivity index (χ1n) is 8.82. The lowest BCUT2D eigenvalue weighted by Crippen LogP contribution is -2.39. The zero-order valence-electron chi connectivity index (χ0n) is 14.1. The van der Waals surface area contributed by atoms with Crippen molar-refractivity contribution in [2.75, 3.05) is 26.2 Å². The molecule has 0 saturated carbocycles. The molecule has 1 aliphatic rings. The lowest BCUT2D eigenvalue weighted by Gasteiger charge is -2.31. The molecule has 4 rings (SSSR count). The van der Waals surface area contributed by atoms with Crippen molar-refractivity contribution in [3.63, 3.8) is 0 Å². The molecule has 1 amide bonds. The fourth-order valence-corrected chi connectivity index (χ4v) is 4.37. The number of thiophene rings is 1. The maximum absolute atomic E-state index is 12.2. The average molecular weight is 354 g/mol. The van der Waals surface area contributed by atoms with Crippen molar-refractivity contribution in [1.29, 1.82) is 0 Å². The summed E-state index contributed by atoms with van der Waals surface area (Å²) in [7, 11) is 0. The van der Waals surface area contributed by atoms with Gasteiger partial charge in [0, 0.05) is 23.4 Å². The highest BCUT2D eigenvalue weighted by atomic mass is 32.1. The Kier molecular flexibility index (Phi) is 4.85. The lowest BCUT2D eigenvalue weighted by atomic mass is 9.95. The van der Waals surface area contributed by atoms with Gasteiger partial charge in [-0.2, -0.15) is 0 Å². The summed E-state index contributed by atoms with van der Waals surface area (Å²) in [6.45, 7) is 3.74. The Labute approximate surface area is 151 Å². The third kappa shape index (κ3) is 3.78. The normalized spacial score (nSPS) is 16.3. The zero-order chi connectivity index (χ0) is 17.1. The number of piperidine rings is 1. The molecule has 1 aliphatic heterocycles. The molecule has 130 valence electrons. The van der Waals surface area contributed by atoms with E-state index in [0.717, 1.165) is 30.6 Å². The van der Waals surface area contributed by atoms with Crippen LogP contribution in [0, 0.1) is 0 Å². The smallest absolute Gasteiger partial charge is 0.287 e. The Morgan fingerprint density at radius 1 is 1.20 bits per heavy atom. The number of benzene rings is 1. The number of fused-ring (bicyclic) bond motifs is 1. The van der Waals surface area contributed by atoms with E-state index in [4.69, 9.17) is 4.42 Å². The minimum Gasteiger partial charge on any atom is -0.451 e. The number of rotatable bonds is 5. The van der Waals surface area contributed by atoms with Crippen LogP contribution in [0.3, 0.4) is 0 Å². The molecule has 0 aliphatic carbocycles. The van der Waals surface area contributed by atoms with Crippen LogP contribution in [0.2, 0.25) is 0 Å². The van der Waals surface area contributed by atoms with Gasteiger partial charge in [-0.3, -0.25) is 4.79 Å². The molecule has 2 aromatic heterocycles. The van der Waals surface area contributed by atoms with Gasteiger partial charge in [0.05, 0.1) is 0 Å². The highest BCUT2D eigenvalue weighted by Crippen LogP contribution is 2.30. The quantitative estimate of drug-likeness (QED) is 0.750. The molecular weight excluding hydrogens is 332 g/mol. The second-order valence-electron chi connectivity index (χ2n) is 6.54. The molecule has 0 atom stereocenters. The molecule has 25 heavy (non-hydrogen) atoms. The van der Waals surface area contributed by atoms with Gasteiger partial charge < -0.3 is 14.6 Å². The molecule has 5 heteroatoms. The first-order chi connectivity index (χ1) is 12.3. The number of nitrogens with one attached hydrogen (secondary N) is 1. The molecule has 3 aromatic rings. The van der Waals surface area contributed by atoms with Gasteiger partial charge >= 0.3 is 0 Å². The van der Waals surface area contributed by atoms with Crippen molar-refractivity contribution in [2.24, 2.45) is 0 Å². The van der Waals surface area contributed by atoms with E-state index in [-0.39, 0.29) is 5.91 Å². The molecule has 1 saturated heterocycles. The summed E-state index contributed by atoms with van der Waals surface area (Å²) in [4.78, 5) is 16.2. The number of hydrogen-bond donors (Lipinski definition) is 1. The van der Waals surface area contributed by atoms with Gasteiger partial charge in [0.2, 0.25) is 0 Å². The van der Waals surface area contributed by atoms with Gasteiger partial charge in [-0.05, 0) is 55.4 Å². The number of carbonyl (C=O) groups excluding carboxylic acids is 1. The monoisotopic (exact) mass is 354 g/mol. The number of carbonyl (C=O) groups is 1. The number of furan rings is 1. The maximum atomic E-state index is 12.2. The number of amides is 1. The van der Waals surface area contributed by atoms with Gasteiger partial charge in [0.15, 0.2) is 5.76 Å². The highest BCUT2D eigenvalue weighted by Gasteiger charge is 2.21. The van der Waals surface area contributed by atoms with Gasteiger partial charge in [-0.25, -0.2) is 0 Å². The molecule has 3 heterocycles. The SMILES string of the molecule is O=C(NCCN1CCC(c2cccs2)CC1)c1cc2ccccc2o1. The highest BCUT2D eigenvalue weighted by molar-refractivity contribution is 7.10. The van der Waals surface area contributed by atoms with E-state index in [0.29, 0.717) is 18.2 Å². The topological polar surface area (TPSA) is 45.5 Å². The van der Waals surface area contributed by atoms with Crippen molar-refractivity contribution in [3.8, 4) is 0 Å². The van der Waals surface area contributed by atoms with Crippen LogP contribution in [0.15, 0.2) is 52.3 Å². The minimum absolute atomic E-state index is 0.135. The Balaban J connectivity index is 1.23. The van der Waals surface area contributed by atoms with Crippen molar-refractivity contribution >= 4 is 28.2 Å². The Morgan fingerprint density at radius 3 is 2.80 bits per heavy atom. The third-order valence-corrected chi connectivity index (χ3v) is 5.93. The molecule has 0 spiro atoms. The summed E-state index contributed by atoms with van der Waals surface area (Å²) in [5.41, 5.74) is 0.753. The van der Waals surface area contributed by atoms with E-state index in [2.05, 4.69) is 27.7 Å². The number of hydrogen-bond acceptors (Lipinski definition) is 4. The van der Waals surface area contributed by atoms with Gasteiger partial charge in [0.1, 0.15) is 5.58 Å². The van der Waals surface area contributed by atoms with Crippen LogP contribution in [-0.2, 0) is 0 Å². The van der Waals surface area contributed by atoms with Crippen molar-refractivity contribution in [1.82, 2.24) is 10.2 Å². The van der Waals surface area contributed by atoms with Crippen LogP contribution in [-0.4, -0.2) is 37.0 Å². The Morgan fingerprint density at radius 2 is 2.04 bits per heavy atom. The first kappa shape index (κ1) is 16.4. The fraction of sp³-hybridized carbons (Fsp3) is 0.350. The average Bonchev–Trinajstić information content (AvgIpc) is 3.32. The van der Waals surface area contributed by atoms with E-state index in [1.54, 1.807) is 6.07 Å². The van der Waals surface area contributed by atoms with Crippen LogP contribution in [0.4, 0.5) is 0 Å². The van der Waals surface area contributed by atoms with Gasteiger partial charge in [0.25, 0.3) is 5.91 Å². The predicted octanol–water partition coefficient (Wildman–Crippen LogP) is 4.10. The van der Waals surface area contributed by atoms with E-state index >= 15 is 0 Å². The molecule has 4 nitrogen and oxygen atoms in total. The number of likely N-dealkylation sites (tertiary alicyclic amines) is 1. The maximum Gasteiger partial charge on any atom is 0.287 e. The van der Waals surface area contributed by atoms with E-state index < -0.39 is 0 Å². The predicted molar refractivity (Wildman–Crippen MR) is 101 cm³/mol. The largest absolute Gasteiger partial charge is 0.451 e. The molecule has 0 bridgehead atoms.